The normalized spacial score (nSPS) is 27.9. The average molecular weight is 412 g/mol. The van der Waals surface area contributed by atoms with Gasteiger partial charge in [0, 0.05) is 17.7 Å². The number of carbonyl (C=O) groups is 3. The molecule has 2 aliphatic heterocycles. The maximum atomic E-state index is 13.4. The minimum Gasteiger partial charge on any atom is -0.508 e. The van der Waals surface area contributed by atoms with Crippen LogP contribution in [0.2, 0.25) is 0 Å². The Morgan fingerprint density at radius 1 is 1.13 bits per heavy atom. The van der Waals surface area contributed by atoms with Crippen molar-refractivity contribution >= 4 is 23.5 Å². The summed E-state index contributed by atoms with van der Waals surface area (Å²) in [5, 5.41) is 32.7. The second-order valence-corrected chi connectivity index (χ2v) is 7.56. The molecule has 4 atom stereocenters. The highest BCUT2D eigenvalue weighted by Gasteiger charge is 2.67. The van der Waals surface area contributed by atoms with Crippen molar-refractivity contribution in [3.63, 3.8) is 0 Å². The van der Waals surface area contributed by atoms with E-state index in [1.807, 2.05) is 0 Å². The molecule has 2 heterocycles. The lowest BCUT2D eigenvalue weighted by Crippen LogP contribution is -2.53. The molecular weight excluding hydrogens is 392 g/mol. The zero-order valence-electron chi connectivity index (χ0n) is 16.2. The highest BCUT2D eigenvalue weighted by molar-refractivity contribution is 6.24. The zero-order chi connectivity index (χ0) is 21.8. The van der Waals surface area contributed by atoms with Gasteiger partial charge in [0.15, 0.2) is 0 Å². The Labute approximate surface area is 171 Å². The average Bonchev–Trinajstić information content (AvgIpc) is 3.16. The fourth-order valence-electron chi connectivity index (χ4n) is 4.45. The number of phenols is 2. The number of benzene rings is 2. The van der Waals surface area contributed by atoms with E-state index in [-0.39, 0.29) is 22.7 Å². The number of hydrogen-bond acceptors (Lipinski definition) is 7. The summed E-state index contributed by atoms with van der Waals surface area (Å²) in [6.07, 6.45) is 0. The number of phenolic OH excluding ortho intramolecular Hbond substituents is 2. The number of hydrogen-bond donors (Lipinski definition) is 4. The molecular formula is C21H20N2O7. The van der Waals surface area contributed by atoms with Crippen LogP contribution in [0, 0.1) is 11.8 Å². The molecule has 2 saturated heterocycles. The number of imide groups is 1. The summed E-state index contributed by atoms with van der Waals surface area (Å²) in [6, 6.07) is 9.35. The number of fused-ring (bicyclic) bond motifs is 1. The Bertz CT molecular complexity index is 1070. The quantitative estimate of drug-likeness (QED) is 0.553. The summed E-state index contributed by atoms with van der Waals surface area (Å²) in [6.45, 7) is 1.35. The molecule has 30 heavy (non-hydrogen) atoms. The number of methoxy groups -OCH3 is 1. The second kappa shape index (κ2) is 6.74. The van der Waals surface area contributed by atoms with Gasteiger partial charge >= 0.3 is 5.97 Å². The Hall–Kier alpha value is -3.59. The van der Waals surface area contributed by atoms with Gasteiger partial charge in [-0.15, -0.1) is 0 Å². The third-order valence-corrected chi connectivity index (χ3v) is 5.91. The van der Waals surface area contributed by atoms with Gasteiger partial charge in [0.2, 0.25) is 11.8 Å². The monoisotopic (exact) mass is 412 g/mol. The van der Waals surface area contributed by atoms with Gasteiger partial charge in [0.1, 0.15) is 22.8 Å². The first-order valence-electron chi connectivity index (χ1n) is 9.24. The maximum Gasteiger partial charge on any atom is 0.324 e. The van der Waals surface area contributed by atoms with Crippen molar-refractivity contribution in [3.05, 3.63) is 48.0 Å². The SMILES string of the molecule is COc1ccccc1N1C(=O)C2C(c3ccc(O)cc3O)NC(C)(C(=O)O)C2C1=O. The molecule has 4 rings (SSSR count). The minimum atomic E-state index is -1.75. The molecule has 0 saturated carbocycles. The molecule has 4 unspecified atom stereocenters. The number of amides is 2. The predicted molar refractivity (Wildman–Crippen MR) is 104 cm³/mol. The molecule has 9 nitrogen and oxygen atoms in total. The molecule has 0 spiro atoms. The highest BCUT2D eigenvalue weighted by Crippen LogP contribution is 2.52. The van der Waals surface area contributed by atoms with Crippen LogP contribution in [-0.2, 0) is 14.4 Å². The van der Waals surface area contributed by atoms with Crippen LogP contribution in [0.1, 0.15) is 18.5 Å². The van der Waals surface area contributed by atoms with E-state index in [1.165, 1.54) is 26.2 Å². The van der Waals surface area contributed by atoms with Crippen molar-refractivity contribution in [2.75, 3.05) is 12.0 Å². The number of nitrogens with zero attached hydrogens (tertiary/aromatic N) is 1. The van der Waals surface area contributed by atoms with Crippen LogP contribution >= 0.6 is 0 Å². The molecule has 2 aliphatic rings. The highest BCUT2D eigenvalue weighted by atomic mass is 16.5. The van der Waals surface area contributed by atoms with Gasteiger partial charge in [0.25, 0.3) is 0 Å². The fourth-order valence-corrected chi connectivity index (χ4v) is 4.45. The van der Waals surface area contributed by atoms with Gasteiger partial charge in [-0.3, -0.25) is 19.7 Å². The number of carboxylic acids is 1. The molecule has 0 bridgehead atoms. The van der Waals surface area contributed by atoms with Crippen molar-refractivity contribution in [2.24, 2.45) is 11.8 Å². The van der Waals surface area contributed by atoms with E-state index < -0.39 is 41.2 Å². The Balaban J connectivity index is 1.86. The fraction of sp³-hybridized carbons (Fsp3) is 0.286. The predicted octanol–water partition coefficient (Wildman–Crippen LogP) is 1.40. The van der Waals surface area contributed by atoms with Gasteiger partial charge in [-0.1, -0.05) is 18.2 Å². The number of aliphatic carboxylic acids is 1. The Kier molecular flexibility index (Phi) is 4.43. The minimum absolute atomic E-state index is 0.184. The van der Waals surface area contributed by atoms with E-state index in [0.29, 0.717) is 5.75 Å². The van der Waals surface area contributed by atoms with E-state index in [1.54, 1.807) is 24.3 Å². The molecule has 0 radical (unpaired) electrons. The molecule has 2 aromatic carbocycles. The van der Waals surface area contributed by atoms with Gasteiger partial charge in [-0.25, -0.2) is 4.90 Å². The Morgan fingerprint density at radius 2 is 1.83 bits per heavy atom. The van der Waals surface area contributed by atoms with Crippen molar-refractivity contribution in [1.82, 2.24) is 5.32 Å². The first-order chi connectivity index (χ1) is 14.2. The topological polar surface area (TPSA) is 136 Å². The largest absolute Gasteiger partial charge is 0.508 e. The van der Waals surface area contributed by atoms with Crippen molar-refractivity contribution in [3.8, 4) is 17.2 Å². The number of anilines is 1. The standard InChI is InChI=1S/C21H20N2O7/c1-21(20(28)29)16-15(17(22-21)11-8-7-10(24)9-13(11)25)18(26)23(19(16)27)12-5-3-4-6-14(12)30-2/h3-9,15-17,22,24-25H,1-2H3,(H,28,29). The van der Waals surface area contributed by atoms with Crippen LogP contribution in [0.25, 0.3) is 0 Å². The first kappa shape index (κ1) is 19.7. The van der Waals surface area contributed by atoms with Crippen LogP contribution in [0.5, 0.6) is 17.2 Å². The van der Waals surface area contributed by atoms with Crippen molar-refractivity contribution in [1.29, 1.82) is 0 Å². The summed E-state index contributed by atoms with van der Waals surface area (Å²) >= 11 is 0. The molecule has 4 N–H and O–H groups in total. The lowest BCUT2D eigenvalue weighted by Gasteiger charge is -2.28. The van der Waals surface area contributed by atoms with E-state index in [2.05, 4.69) is 5.32 Å². The van der Waals surface area contributed by atoms with Crippen LogP contribution in [-0.4, -0.2) is 45.8 Å². The Morgan fingerprint density at radius 3 is 2.47 bits per heavy atom. The first-order valence-corrected chi connectivity index (χ1v) is 9.24. The summed E-state index contributed by atoms with van der Waals surface area (Å²) in [7, 11) is 1.41. The smallest absolute Gasteiger partial charge is 0.324 e. The van der Waals surface area contributed by atoms with Crippen LogP contribution in [0.15, 0.2) is 42.5 Å². The lowest BCUT2D eigenvalue weighted by atomic mass is 9.80. The number of nitrogens with one attached hydrogen (secondary N) is 1. The number of carbonyl (C=O) groups excluding carboxylic acids is 2. The molecule has 2 aromatic rings. The lowest BCUT2D eigenvalue weighted by molar-refractivity contribution is -0.147. The van der Waals surface area contributed by atoms with Crippen molar-refractivity contribution in [2.45, 2.75) is 18.5 Å². The summed E-state index contributed by atoms with van der Waals surface area (Å²) < 4.78 is 5.27. The third kappa shape index (κ3) is 2.62. The number of rotatable bonds is 4. The maximum absolute atomic E-state index is 13.4. The summed E-state index contributed by atoms with van der Waals surface area (Å²) in [5.74, 6) is -5.01. The van der Waals surface area contributed by atoms with Crippen LogP contribution in [0.4, 0.5) is 5.69 Å². The number of para-hydroxylation sites is 2. The summed E-state index contributed by atoms with van der Waals surface area (Å²) in [4.78, 5) is 39.9. The third-order valence-electron chi connectivity index (χ3n) is 5.91. The van der Waals surface area contributed by atoms with Gasteiger partial charge < -0.3 is 20.1 Å². The van der Waals surface area contributed by atoms with E-state index in [0.717, 1.165) is 11.0 Å². The van der Waals surface area contributed by atoms with E-state index >= 15 is 0 Å². The molecule has 0 aromatic heterocycles. The number of aromatic hydroxyl groups is 2. The number of carboxylic acid groups (broad SMARTS) is 1. The molecule has 2 fully saturated rings. The van der Waals surface area contributed by atoms with Crippen LogP contribution in [0.3, 0.4) is 0 Å². The molecule has 9 heteroatoms. The van der Waals surface area contributed by atoms with Gasteiger partial charge in [-0.05, 0) is 25.1 Å². The molecule has 0 aliphatic carbocycles. The van der Waals surface area contributed by atoms with E-state index in [9.17, 15) is 29.7 Å². The molecule has 2 amide bonds. The zero-order valence-corrected chi connectivity index (χ0v) is 16.2. The number of ether oxygens (including phenoxy) is 1. The summed E-state index contributed by atoms with van der Waals surface area (Å²) in [5.41, 5.74) is -1.30. The van der Waals surface area contributed by atoms with Gasteiger partial charge in [-0.2, -0.15) is 0 Å². The van der Waals surface area contributed by atoms with Crippen LogP contribution < -0.4 is 15.0 Å². The van der Waals surface area contributed by atoms with Crippen molar-refractivity contribution < 1.29 is 34.4 Å². The molecule has 156 valence electrons. The van der Waals surface area contributed by atoms with E-state index in [4.69, 9.17) is 4.74 Å². The second-order valence-electron chi connectivity index (χ2n) is 7.56. The van der Waals surface area contributed by atoms with Gasteiger partial charge in [0.05, 0.1) is 24.6 Å².